The van der Waals surface area contributed by atoms with E-state index in [1.165, 1.54) is 0 Å². The minimum Gasteiger partial charge on any atom is -0.508 e. The quantitative estimate of drug-likeness (QED) is 0.434. The van der Waals surface area contributed by atoms with Gasteiger partial charge in [0.05, 0.1) is 11.6 Å². The van der Waals surface area contributed by atoms with E-state index in [1.54, 1.807) is 24.3 Å². The van der Waals surface area contributed by atoms with E-state index >= 15 is 0 Å². The SMILES string of the molecule is C=C/C=C\C=C/CCOc1cc(C(=C)O)ccc1Cl. The number of hydrogen-bond acceptors (Lipinski definition) is 2. The maximum Gasteiger partial charge on any atom is 0.138 e. The van der Waals surface area contributed by atoms with Gasteiger partial charge in [-0.15, -0.1) is 0 Å². The van der Waals surface area contributed by atoms with E-state index in [9.17, 15) is 5.11 Å². The lowest BCUT2D eigenvalue weighted by molar-refractivity contribution is 0.325. The average Bonchev–Trinajstić information content (AvgIpc) is 2.39. The number of aliphatic hydroxyl groups excluding tert-OH is 1. The average molecular weight is 277 g/mol. The number of benzene rings is 1. The number of allylic oxidation sites excluding steroid dienone is 4. The van der Waals surface area contributed by atoms with Gasteiger partial charge in [-0.1, -0.05) is 55.1 Å². The molecule has 0 spiro atoms. The molecule has 0 fully saturated rings. The van der Waals surface area contributed by atoms with E-state index in [4.69, 9.17) is 16.3 Å². The fourth-order valence-electron chi connectivity index (χ4n) is 1.35. The minimum absolute atomic E-state index is 0.00373. The molecule has 100 valence electrons. The van der Waals surface area contributed by atoms with Crippen LogP contribution in [-0.4, -0.2) is 11.7 Å². The molecule has 0 atom stereocenters. The Labute approximate surface area is 119 Å². The summed E-state index contributed by atoms with van der Waals surface area (Å²) in [5.41, 5.74) is 0.601. The van der Waals surface area contributed by atoms with Gasteiger partial charge in [-0.25, -0.2) is 0 Å². The standard InChI is InChI=1S/C16H17ClO2/c1-3-4-5-6-7-8-11-19-16-12-14(13(2)18)9-10-15(16)17/h3-7,9-10,12,18H,1-2,8,11H2/b5-4-,7-6-. The zero-order chi connectivity index (χ0) is 14.1. The van der Waals surface area contributed by atoms with Gasteiger partial charge < -0.3 is 9.84 Å². The zero-order valence-electron chi connectivity index (χ0n) is 10.7. The molecule has 0 heterocycles. The minimum atomic E-state index is -0.00373. The second kappa shape index (κ2) is 8.22. The maximum atomic E-state index is 9.31. The van der Waals surface area contributed by atoms with Crippen LogP contribution in [0.2, 0.25) is 5.02 Å². The van der Waals surface area contributed by atoms with Crippen molar-refractivity contribution in [2.45, 2.75) is 6.42 Å². The summed E-state index contributed by atoms with van der Waals surface area (Å²) in [5, 5.41) is 9.83. The molecule has 1 N–H and O–H groups in total. The van der Waals surface area contributed by atoms with Crippen molar-refractivity contribution in [1.82, 2.24) is 0 Å². The monoisotopic (exact) mass is 276 g/mol. The summed E-state index contributed by atoms with van der Waals surface area (Å²) in [7, 11) is 0. The van der Waals surface area contributed by atoms with Gasteiger partial charge in [-0.2, -0.15) is 0 Å². The van der Waals surface area contributed by atoms with Gasteiger partial charge in [0.1, 0.15) is 11.5 Å². The maximum absolute atomic E-state index is 9.31. The van der Waals surface area contributed by atoms with Crippen molar-refractivity contribution in [1.29, 1.82) is 0 Å². The second-order valence-corrected chi connectivity index (χ2v) is 4.18. The van der Waals surface area contributed by atoms with Crippen LogP contribution >= 0.6 is 11.6 Å². The first kappa shape index (κ1) is 15.1. The van der Waals surface area contributed by atoms with Crippen molar-refractivity contribution in [3.05, 3.63) is 72.3 Å². The Hall–Kier alpha value is -1.93. The highest BCUT2D eigenvalue weighted by atomic mass is 35.5. The third-order valence-electron chi connectivity index (χ3n) is 2.30. The Morgan fingerprint density at radius 3 is 2.79 bits per heavy atom. The summed E-state index contributed by atoms with van der Waals surface area (Å²) in [6.45, 7) is 7.56. The summed E-state index contributed by atoms with van der Waals surface area (Å²) < 4.78 is 5.55. The first-order valence-corrected chi connectivity index (χ1v) is 6.27. The van der Waals surface area contributed by atoms with Crippen LogP contribution in [-0.2, 0) is 0 Å². The van der Waals surface area contributed by atoms with Crippen LogP contribution in [0.25, 0.3) is 5.76 Å². The van der Waals surface area contributed by atoms with Gasteiger partial charge in [0.25, 0.3) is 0 Å². The molecule has 1 aromatic rings. The molecule has 0 unspecified atom stereocenters. The van der Waals surface area contributed by atoms with Gasteiger partial charge in [0.2, 0.25) is 0 Å². The number of aliphatic hydroxyl groups is 1. The molecule has 0 amide bonds. The van der Waals surface area contributed by atoms with Crippen LogP contribution in [0.4, 0.5) is 0 Å². The molecule has 0 saturated heterocycles. The molecule has 0 bridgehead atoms. The molecule has 0 aliphatic heterocycles. The second-order valence-electron chi connectivity index (χ2n) is 3.78. The summed E-state index contributed by atoms with van der Waals surface area (Å²) in [6, 6.07) is 5.04. The van der Waals surface area contributed by atoms with Crippen molar-refractivity contribution in [2.75, 3.05) is 6.61 Å². The fraction of sp³-hybridized carbons (Fsp3) is 0.125. The highest BCUT2D eigenvalue weighted by Crippen LogP contribution is 2.27. The van der Waals surface area contributed by atoms with E-state index < -0.39 is 0 Å². The fourth-order valence-corrected chi connectivity index (χ4v) is 1.52. The van der Waals surface area contributed by atoms with Crippen LogP contribution in [0.3, 0.4) is 0 Å². The molecular weight excluding hydrogens is 260 g/mol. The summed E-state index contributed by atoms with van der Waals surface area (Å²) in [6.07, 6.45) is 10.2. The van der Waals surface area contributed by atoms with E-state index in [0.717, 1.165) is 6.42 Å². The van der Waals surface area contributed by atoms with Crippen molar-refractivity contribution in [3.8, 4) is 5.75 Å². The molecule has 19 heavy (non-hydrogen) atoms. The van der Waals surface area contributed by atoms with Crippen molar-refractivity contribution in [2.24, 2.45) is 0 Å². The molecule has 0 aromatic heterocycles. The number of hydrogen-bond donors (Lipinski definition) is 1. The summed E-state index contributed by atoms with van der Waals surface area (Å²) >= 11 is 6.01. The largest absolute Gasteiger partial charge is 0.508 e. The highest BCUT2D eigenvalue weighted by Gasteiger charge is 2.04. The smallest absolute Gasteiger partial charge is 0.138 e. The predicted octanol–water partition coefficient (Wildman–Crippen LogP) is 4.94. The molecule has 0 aliphatic rings. The third kappa shape index (κ3) is 5.49. The van der Waals surface area contributed by atoms with E-state index in [0.29, 0.717) is 22.9 Å². The van der Waals surface area contributed by atoms with Crippen LogP contribution in [0, 0.1) is 0 Å². The van der Waals surface area contributed by atoms with E-state index in [2.05, 4.69) is 13.2 Å². The molecule has 0 radical (unpaired) electrons. The Balaban J connectivity index is 2.51. The van der Waals surface area contributed by atoms with Gasteiger partial charge in [-0.05, 0) is 24.6 Å². The molecule has 0 aliphatic carbocycles. The number of rotatable bonds is 7. The normalized spacial score (nSPS) is 11.0. The zero-order valence-corrected chi connectivity index (χ0v) is 11.4. The van der Waals surface area contributed by atoms with Crippen LogP contribution in [0.1, 0.15) is 12.0 Å². The van der Waals surface area contributed by atoms with Gasteiger partial charge in [0, 0.05) is 5.56 Å². The Bertz CT molecular complexity index is 501. The van der Waals surface area contributed by atoms with Gasteiger partial charge in [0.15, 0.2) is 0 Å². The first-order chi connectivity index (χ1) is 9.15. The molecular formula is C16H17ClO2. The third-order valence-corrected chi connectivity index (χ3v) is 2.61. The van der Waals surface area contributed by atoms with Crippen molar-refractivity contribution < 1.29 is 9.84 Å². The molecule has 2 nitrogen and oxygen atoms in total. The van der Waals surface area contributed by atoms with Crippen molar-refractivity contribution >= 4 is 17.4 Å². The lowest BCUT2D eigenvalue weighted by Gasteiger charge is -2.08. The molecule has 1 aromatic carbocycles. The predicted molar refractivity (Wildman–Crippen MR) is 81.7 cm³/mol. The van der Waals surface area contributed by atoms with Crippen molar-refractivity contribution in [3.63, 3.8) is 0 Å². The molecule has 3 heteroatoms. The highest BCUT2D eigenvalue weighted by molar-refractivity contribution is 6.32. The van der Waals surface area contributed by atoms with Crippen LogP contribution in [0.5, 0.6) is 5.75 Å². The summed E-state index contributed by atoms with van der Waals surface area (Å²) in [4.78, 5) is 0. The van der Waals surface area contributed by atoms with E-state index in [1.807, 2.05) is 24.3 Å². The Kier molecular flexibility index (Phi) is 6.55. The molecule has 0 saturated carbocycles. The lowest BCUT2D eigenvalue weighted by atomic mass is 10.2. The number of halogens is 1. The lowest BCUT2D eigenvalue weighted by Crippen LogP contribution is -1.97. The topological polar surface area (TPSA) is 29.5 Å². The summed E-state index contributed by atoms with van der Waals surface area (Å²) in [5.74, 6) is 0.542. The molecule has 1 rings (SSSR count). The van der Waals surface area contributed by atoms with Crippen LogP contribution in [0.15, 0.2) is 61.7 Å². The number of ether oxygens (including phenoxy) is 1. The van der Waals surface area contributed by atoms with Gasteiger partial charge in [-0.3, -0.25) is 0 Å². The van der Waals surface area contributed by atoms with Gasteiger partial charge >= 0.3 is 0 Å². The Morgan fingerprint density at radius 1 is 1.32 bits per heavy atom. The van der Waals surface area contributed by atoms with E-state index in [-0.39, 0.29) is 5.76 Å². The first-order valence-electron chi connectivity index (χ1n) is 5.90. The Morgan fingerprint density at radius 2 is 2.11 bits per heavy atom. The van der Waals surface area contributed by atoms with Crippen LogP contribution < -0.4 is 4.74 Å².